The van der Waals surface area contributed by atoms with Crippen molar-refractivity contribution < 1.29 is 14.3 Å². The molecule has 0 saturated heterocycles. The molecular weight excluding hydrogens is 513 g/mol. The zero-order valence-electron chi connectivity index (χ0n) is 18.9. The molecule has 0 radical (unpaired) electrons. The summed E-state index contributed by atoms with van der Waals surface area (Å²) in [7, 11) is 0. The van der Waals surface area contributed by atoms with Crippen LogP contribution in [0.5, 0.6) is 11.5 Å². The molecule has 0 saturated carbocycles. The molecule has 10 heteroatoms. The third-order valence-corrected chi connectivity index (χ3v) is 8.49. The summed E-state index contributed by atoms with van der Waals surface area (Å²) in [6.07, 6.45) is 0. The fraction of sp³-hybridized carbons (Fsp3) is 0.333. The molecule has 0 atom stereocenters. The number of rotatable bonds is 7. The number of anilines is 1. The van der Waals surface area contributed by atoms with E-state index in [9.17, 15) is 4.79 Å². The maximum Gasteiger partial charge on any atom is 0.271 e. The molecule has 1 amide bonds. The second-order valence-corrected chi connectivity index (χ2v) is 10.1. The summed E-state index contributed by atoms with van der Waals surface area (Å²) in [5.41, 5.74) is 0.794. The van der Waals surface area contributed by atoms with Gasteiger partial charge in [-0.3, -0.25) is 9.69 Å². The number of thiophene rings is 1. The maximum absolute atomic E-state index is 13.8. The highest BCUT2D eigenvalue weighted by Crippen LogP contribution is 2.40. The van der Waals surface area contributed by atoms with Crippen molar-refractivity contribution in [1.82, 2.24) is 9.88 Å². The van der Waals surface area contributed by atoms with Crippen molar-refractivity contribution in [1.29, 1.82) is 0 Å². The number of nitrogens with zero attached hydrogens (tertiary/aromatic N) is 3. The first-order valence-electron chi connectivity index (χ1n) is 11.0. The highest BCUT2D eigenvalue weighted by Gasteiger charge is 2.27. The Morgan fingerprint density at radius 2 is 1.74 bits per heavy atom. The highest BCUT2D eigenvalue weighted by atomic mass is 35.5. The number of carbonyl (C=O) groups is 1. The quantitative estimate of drug-likeness (QED) is 0.275. The van der Waals surface area contributed by atoms with Gasteiger partial charge in [0.05, 0.1) is 15.2 Å². The monoisotopic (exact) mass is 537 g/mol. The summed E-state index contributed by atoms with van der Waals surface area (Å²) in [5.74, 6) is 1.29. The average molecular weight is 539 g/mol. The topological polar surface area (TPSA) is 54.9 Å². The number of carbonyl (C=O) groups excluding carboxylic acids is 1. The number of fused-ring (bicyclic) bond motifs is 3. The van der Waals surface area contributed by atoms with E-state index in [2.05, 4.69) is 18.7 Å². The molecule has 0 bridgehead atoms. The minimum Gasteiger partial charge on any atom is -0.486 e. The molecular formula is C24H25Cl2N3O3S2. The van der Waals surface area contributed by atoms with Gasteiger partial charge in [0.15, 0.2) is 16.6 Å². The van der Waals surface area contributed by atoms with Gasteiger partial charge in [-0.1, -0.05) is 55.0 Å². The summed E-state index contributed by atoms with van der Waals surface area (Å²) < 4.78 is 13.4. The second-order valence-electron chi connectivity index (χ2n) is 7.69. The number of thiazole rings is 1. The molecule has 6 nitrogen and oxygen atoms in total. The van der Waals surface area contributed by atoms with E-state index in [-0.39, 0.29) is 18.3 Å². The molecule has 0 N–H and O–H groups in total. The van der Waals surface area contributed by atoms with Crippen LogP contribution in [0.4, 0.5) is 5.13 Å². The number of likely N-dealkylation sites (N-methyl/N-ethyl adjacent to an activating group) is 1. The van der Waals surface area contributed by atoms with Crippen LogP contribution >= 0.6 is 46.7 Å². The van der Waals surface area contributed by atoms with E-state index in [0.717, 1.165) is 45.7 Å². The molecule has 4 aromatic rings. The fourth-order valence-corrected chi connectivity index (χ4v) is 6.37. The van der Waals surface area contributed by atoms with Crippen molar-refractivity contribution in [2.75, 3.05) is 44.3 Å². The van der Waals surface area contributed by atoms with Crippen LogP contribution in [0.2, 0.25) is 5.02 Å². The zero-order chi connectivity index (χ0) is 22.9. The molecule has 0 unspecified atom stereocenters. The molecule has 5 rings (SSSR count). The summed E-state index contributed by atoms with van der Waals surface area (Å²) in [6, 6.07) is 11.7. The summed E-state index contributed by atoms with van der Waals surface area (Å²) >= 11 is 9.58. The lowest BCUT2D eigenvalue weighted by atomic mass is 10.2. The van der Waals surface area contributed by atoms with Gasteiger partial charge in [-0.15, -0.1) is 23.7 Å². The zero-order valence-corrected chi connectivity index (χ0v) is 22.1. The Kier molecular flexibility index (Phi) is 7.84. The molecule has 1 aliphatic heterocycles. The lowest BCUT2D eigenvalue weighted by Crippen LogP contribution is -2.38. The van der Waals surface area contributed by atoms with E-state index in [1.54, 1.807) is 4.90 Å². The Balaban J connectivity index is 0.00000274. The van der Waals surface area contributed by atoms with Gasteiger partial charge in [0.25, 0.3) is 5.91 Å². The van der Waals surface area contributed by atoms with Gasteiger partial charge in [-0.05, 0) is 19.2 Å². The van der Waals surface area contributed by atoms with Crippen molar-refractivity contribution in [3.63, 3.8) is 0 Å². The normalized spacial score (nSPS) is 12.8. The van der Waals surface area contributed by atoms with Gasteiger partial charge in [-0.25, -0.2) is 4.98 Å². The molecule has 0 fully saturated rings. The summed E-state index contributed by atoms with van der Waals surface area (Å²) in [6.45, 7) is 8.42. The Labute approximate surface area is 217 Å². The smallest absolute Gasteiger partial charge is 0.271 e. The summed E-state index contributed by atoms with van der Waals surface area (Å²) in [4.78, 5) is 23.2. The summed E-state index contributed by atoms with van der Waals surface area (Å²) in [5, 5.41) is 2.06. The van der Waals surface area contributed by atoms with E-state index in [1.165, 1.54) is 22.7 Å². The maximum atomic E-state index is 13.8. The first kappa shape index (κ1) is 25.0. The predicted octanol–water partition coefficient (Wildman–Crippen LogP) is 6.35. The van der Waals surface area contributed by atoms with Crippen LogP contribution in [-0.2, 0) is 0 Å². The van der Waals surface area contributed by atoms with Crippen LogP contribution in [0.25, 0.3) is 20.3 Å². The van der Waals surface area contributed by atoms with Gasteiger partial charge < -0.3 is 14.4 Å². The molecule has 2 aromatic heterocycles. The minimum atomic E-state index is -0.121. The van der Waals surface area contributed by atoms with E-state index in [0.29, 0.717) is 40.5 Å². The van der Waals surface area contributed by atoms with E-state index < -0.39 is 0 Å². The third-order valence-electron chi connectivity index (χ3n) is 5.78. The van der Waals surface area contributed by atoms with E-state index >= 15 is 0 Å². The standard InChI is InChI=1S/C24H24ClN3O3S2.ClH/c1-3-27(4-2)9-10-28(23(29)22-21(25)15-7-5-6-8-19(15)32-22)24-26-16-13-17-18(14-20(16)33-24)31-12-11-30-17;/h5-8,13-14H,3-4,9-12H2,1-2H3;1H. The molecule has 0 aliphatic carbocycles. The van der Waals surface area contributed by atoms with Gasteiger partial charge in [-0.2, -0.15) is 0 Å². The van der Waals surface area contributed by atoms with Crippen molar-refractivity contribution in [2.24, 2.45) is 0 Å². The lowest BCUT2D eigenvalue weighted by molar-refractivity contribution is 0.0988. The highest BCUT2D eigenvalue weighted by molar-refractivity contribution is 7.23. The average Bonchev–Trinajstić information content (AvgIpc) is 3.40. The number of aromatic nitrogens is 1. The Bertz CT molecular complexity index is 1280. The van der Waals surface area contributed by atoms with E-state index in [1.807, 2.05) is 36.4 Å². The first-order valence-corrected chi connectivity index (χ1v) is 13.0. The Hall–Kier alpha value is -2.10. The number of amides is 1. The molecule has 3 heterocycles. The van der Waals surface area contributed by atoms with Crippen molar-refractivity contribution in [3.8, 4) is 11.5 Å². The van der Waals surface area contributed by atoms with Crippen LogP contribution in [0.3, 0.4) is 0 Å². The van der Waals surface area contributed by atoms with Crippen LogP contribution < -0.4 is 14.4 Å². The molecule has 0 spiro atoms. The Morgan fingerprint density at radius 1 is 1.03 bits per heavy atom. The van der Waals surface area contributed by atoms with Gasteiger partial charge in [0.2, 0.25) is 0 Å². The van der Waals surface area contributed by atoms with Crippen LogP contribution in [0, 0.1) is 0 Å². The fourth-order valence-electron chi connectivity index (χ4n) is 3.91. The SMILES string of the molecule is CCN(CC)CCN(C(=O)c1sc2ccccc2c1Cl)c1nc2cc3c(cc2s1)OCCO3.Cl. The predicted molar refractivity (Wildman–Crippen MR) is 144 cm³/mol. The second kappa shape index (κ2) is 10.7. The van der Waals surface area contributed by atoms with Crippen molar-refractivity contribution >= 4 is 78.0 Å². The molecule has 34 heavy (non-hydrogen) atoms. The van der Waals surface area contributed by atoms with Crippen LogP contribution in [0.1, 0.15) is 23.5 Å². The van der Waals surface area contributed by atoms with Gasteiger partial charge >= 0.3 is 0 Å². The number of hydrogen-bond acceptors (Lipinski definition) is 7. The number of ether oxygens (including phenoxy) is 2. The van der Waals surface area contributed by atoms with Crippen molar-refractivity contribution in [3.05, 3.63) is 46.3 Å². The van der Waals surface area contributed by atoms with Gasteiger partial charge in [0.1, 0.15) is 18.1 Å². The van der Waals surface area contributed by atoms with Crippen LogP contribution in [0.15, 0.2) is 36.4 Å². The minimum absolute atomic E-state index is 0. The van der Waals surface area contributed by atoms with Crippen molar-refractivity contribution in [2.45, 2.75) is 13.8 Å². The van der Waals surface area contributed by atoms with Crippen LogP contribution in [-0.4, -0.2) is 55.2 Å². The number of hydrogen-bond donors (Lipinski definition) is 0. The third kappa shape index (κ3) is 4.70. The molecule has 1 aliphatic rings. The molecule has 2 aromatic carbocycles. The number of halogens is 2. The number of benzene rings is 2. The largest absolute Gasteiger partial charge is 0.486 e. The Morgan fingerprint density at radius 3 is 2.44 bits per heavy atom. The van der Waals surface area contributed by atoms with Gasteiger partial charge in [0, 0.05) is 35.3 Å². The first-order chi connectivity index (χ1) is 16.1. The molecule has 180 valence electrons. The van der Waals surface area contributed by atoms with E-state index in [4.69, 9.17) is 26.1 Å². The lowest BCUT2D eigenvalue weighted by Gasteiger charge is -2.24.